The van der Waals surface area contributed by atoms with Crippen molar-refractivity contribution in [3.63, 3.8) is 0 Å². The second-order valence-electron chi connectivity index (χ2n) is 3.46. The Kier molecular flexibility index (Phi) is 4.02. The third kappa shape index (κ3) is 3.20. The van der Waals surface area contributed by atoms with Crippen LogP contribution in [0, 0.1) is 0 Å². The molecule has 0 aliphatic heterocycles. The predicted octanol–water partition coefficient (Wildman–Crippen LogP) is 3.56. The Morgan fingerprint density at radius 2 is 2.24 bits per heavy atom. The van der Waals surface area contributed by atoms with Crippen LogP contribution < -0.4 is 0 Å². The van der Waals surface area contributed by atoms with Gasteiger partial charge in [-0.2, -0.15) is 0 Å². The van der Waals surface area contributed by atoms with Crippen LogP contribution in [0.3, 0.4) is 0 Å². The van der Waals surface area contributed by atoms with Gasteiger partial charge >= 0.3 is 5.97 Å². The van der Waals surface area contributed by atoms with Crippen LogP contribution in [-0.2, 0) is 4.79 Å². The first-order valence-corrected chi connectivity index (χ1v) is 6.83. The average molecular weight is 312 g/mol. The van der Waals surface area contributed by atoms with Gasteiger partial charge in [0, 0.05) is 26.7 Å². The molecule has 0 bridgehead atoms. The molecule has 3 nitrogen and oxygen atoms in total. The standard InChI is InChI=1S/C12H10BrNO2S/c13-8-1-2-10-9(7-8)11(3-5-14-10)17-6-4-12(15)16/h1-3,5,7H,4,6H2,(H,15,16). The number of aliphatic carboxylic acids is 1. The summed E-state index contributed by atoms with van der Waals surface area (Å²) in [6.07, 6.45) is 1.92. The molecule has 88 valence electrons. The molecule has 5 heteroatoms. The summed E-state index contributed by atoms with van der Waals surface area (Å²) >= 11 is 4.97. The predicted molar refractivity (Wildman–Crippen MR) is 72.4 cm³/mol. The van der Waals surface area contributed by atoms with E-state index < -0.39 is 5.97 Å². The fourth-order valence-electron chi connectivity index (χ4n) is 1.47. The van der Waals surface area contributed by atoms with Crippen molar-refractivity contribution in [2.24, 2.45) is 0 Å². The van der Waals surface area contributed by atoms with Crippen LogP contribution in [0.1, 0.15) is 6.42 Å². The molecule has 0 saturated carbocycles. The molecule has 0 unspecified atom stereocenters. The zero-order valence-electron chi connectivity index (χ0n) is 8.89. The van der Waals surface area contributed by atoms with E-state index in [0.29, 0.717) is 5.75 Å². The number of nitrogens with zero attached hydrogens (tertiary/aromatic N) is 1. The van der Waals surface area contributed by atoms with Crippen molar-refractivity contribution < 1.29 is 9.90 Å². The number of hydrogen-bond acceptors (Lipinski definition) is 3. The molecule has 1 heterocycles. The number of fused-ring (bicyclic) bond motifs is 1. The van der Waals surface area contributed by atoms with Crippen molar-refractivity contribution >= 4 is 44.6 Å². The minimum absolute atomic E-state index is 0.169. The number of halogens is 1. The van der Waals surface area contributed by atoms with Crippen molar-refractivity contribution in [1.82, 2.24) is 4.98 Å². The SMILES string of the molecule is O=C(O)CCSc1ccnc2ccc(Br)cc12. The number of carbonyl (C=O) groups is 1. The molecule has 0 radical (unpaired) electrons. The van der Waals surface area contributed by atoms with Gasteiger partial charge in [0.1, 0.15) is 0 Å². The minimum atomic E-state index is -0.767. The van der Waals surface area contributed by atoms with Gasteiger partial charge in [0.15, 0.2) is 0 Å². The van der Waals surface area contributed by atoms with Gasteiger partial charge in [0.25, 0.3) is 0 Å². The average Bonchev–Trinajstić information content (AvgIpc) is 2.29. The highest BCUT2D eigenvalue weighted by Gasteiger charge is 2.04. The fraction of sp³-hybridized carbons (Fsp3) is 0.167. The zero-order chi connectivity index (χ0) is 12.3. The Labute approximate surface area is 111 Å². The van der Waals surface area contributed by atoms with Crippen LogP contribution in [0.15, 0.2) is 39.8 Å². The van der Waals surface area contributed by atoms with Gasteiger partial charge in [0.2, 0.25) is 0 Å². The number of carboxylic acid groups (broad SMARTS) is 1. The monoisotopic (exact) mass is 311 g/mol. The van der Waals surface area contributed by atoms with Gasteiger partial charge in [0.05, 0.1) is 11.9 Å². The molecule has 1 aromatic carbocycles. The Morgan fingerprint density at radius 3 is 3.00 bits per heavy atom. The normalized spacial score (nSPS) is 10.6. The summed E-state index contributed by atoms with van der Waals surface area (Å²) in [7, 11) is 0. The van der Waals surface area contributed by atoms with Crippen molar-refractivity contribution in [2.75, 3.05) is 5.75 Å². The van der Waals surface area contributed by atoms with Gasteiger partial charge in [-0.05, 0) is 24.3 Å². The van der Waals surface area contributed by atoms with Gasteiger partial charge in [-0.25, -0.2) is 0 Å². The van der Waals surface area contributed by atoms with Gasteiger partial charge in [-0.1, -0.05) is 15.9 Å². The van der Waals surface area contributed by atoms with Gasteiger partial charge in [-0.15, -0.1) is 11.8 Å². The van der Waals surface area contributed by atoms with Crippen LogP contribution >= 0.6 is 27.7 Å². The highest BCUT2D eigenvalue weighted by molar-refractivity contribution is 9.10. The van der Waals surface area contributed by atoms with Crippen LogP contribution in [0.2, 0.25) is 0 Å². The molecule has 17 heavy (non-hydrogen) atoms. The van der Waals surface area contributed by atoms with Crippen LogP contribution in [0.4, 0.5) is 0 Å². The van der Waals surface area contributed by atoms with E-state index >= 15 is 0 Å². The molecule has 0 aliphatic carbocycles. The van der Waals surface area contributed by atoms with Crippen molar-refractivity contribution in [3.05, 3.63) is 34.9 Å². The van der Waals surface area contributed by atoms with E-state index in [0.717, 1.165) is 20.3 Å². The van der Waals surface area contributed by atoms with E-state index in [9.17, 15) is 4.79 Å². The molecule has 2 aromatic rings. The van der Waals surface area contributed by atoms with E-state index in [-0.39, 0.29) is 6.42 Å². The first kappa shape index (κ1) is 12.4. The number of aromatic nitrogens is 1. The first-order valence-electron chi connectivity index (χ1n) is 5.05. The Hall–Kier alpha value is -1.07. The number of rotatable bonds is 4. The summed E-state index contributed by atoms with van der Waals surface area (Å²) in [5.74, 6) is -0.196. The van der Waals surface area contributed by atoms with Crippen LogP contribution in [-0.4, -0.2) is 21.8 Å². The largest absolute Gasteiger partial charge is 0.481 e. The minimum Gasteiger partial charge on any atom is -0.481 e. The number of thioether (sulfide) groups is 1. The number of pyridine rings is 1. The molecule has 0 atom stereocenters. The summed E-state index contributed by atoms with van der Waals surface area (Å²) in [5.41, 5.74) is 0.925. The maximum atomic E-state index is 10.5. The third-order valence-electron chi connectivity index (χ3n) is 2.24. The molecule has 0 fully saturated rings. The second-order valence-corrected chi connectivity index (χ2v) is 5.52. The van der Waals surface area contributed by atoms with E-state index in [1.165, 1.54) is 0 Å². The van der Waals surface area contributed by atoms with E-state index in [4.69, 9.17) is 5.11 Å². The van der Waals surface area contributed by atoms with Crippen molar-refractivity contribution in [2.45, 2.75) is 11.3 Å². The van der Waals surface area contributed by atoms with Crippen LogP contribution in [0.25, 0.3) is 10.9 Å². The lowest BCUT2D eigenvalue weighted by atomic mass is 10.2. The lowest BCUT2D eigenvalue weighted by Gasteiger charge is -2.05. The number of hydrogen-bond donors (Lipinski definition) is 1. The zero-order valence-corrected chi connectivity index (χ0v) is 11.3. The van der Waals surface area contributed by atoms with E-state index in [2.05, 4.69) is 20.9 Å². The van der Waals surface area contributed by atoms with Crippen molar-refractivity contribution in [1.29, 1.82) is 0 Å². The molecular weight excluding hydrogens is 302 g/mol. The molecule has 0 spiro atoms. The Balaban J connectivity index is 2.27. The van der Waals surface area contributed by atoms with Crippen molar-refractivity contribution in [3.8, 4) is 0 Å². The Morgan fingerprint density at radius 1 is 1.41 bits per heavy atom. The summed E-state index contributed by atoms with van der Waals surface area (Å²) in [4.78, 5) is 15.8. The highest BCUT2D eigenvalue weighted by atomic mass is 79.9. The molecule has 0 saturated heterocycles. The quantitative estimate of drug-likeness (QED) is 0.877. The van der Waals surface area contributed by atoms with Gasteiger partial charge in [-0.3, -0.25) is 9.78 Å². The molecule has 0 amide bonds. The molecule has 1 N–H and O–H groups in total. The van der Waals surface area contributed by atoms with Crippen LogP contribution in [0.5, 0.6) is 0 Å². The lowest BCUT2D eigenvalue weighted by Crippen LogP contribution is -1.95. The molecule has 1 aromatic heterocycles. The summed E-state index contributed by atoms with van der Waals surface area (Å²) in [5, 5.41) is 9.67. The van der Waals surface area contributed by atoms with Gasteiger partial charge < -0.3 is 5.11 Å². The Bertz CT molecular complexity index is 559. The summed E-state index contributed by atoms with van der Waals surface area (Å²) in [6.45, 7) is 0. The summed E-state index contributed by atoms with van der Waals surface area (Å²) in [6, 6.07) is 7.81. The molecule has 0 aliphatic rings. The number of benzene rings is 1. The van der Waals surface area contributed by atoms with E-state index in [1.54, 1.807) is 18.0 Å². The first-order chi connectivity index (χ1) is 8.16. The van der Waals surface area contributed by atoms with E-state index in [1.807, 2.05) is 24.3 Å². The molecular formula is C12H10BrNO2S. The highest BCUT2D eigenvalue weighted by Crippen LogP contribution is 2.29. The smallest absolute Gasteiger partial charge is 0.304 e. The molecule has 2 rings (SSSR count). The fourth-order valence-corrected chi connectivity index (χ4v) is 2.80. The lowest BCUT2D eigenvalue weighted by molar-refractivity contribution is -0.136. The maximum Gasteiger partial charge on any atom is 0.304 e. The third-order valence-corrected chi connectivity index (χ3v) is 3.81. The maximum absolute atomic E-state index is 10.5. The summed E-state index contributed by atoms with van der Waals surface area (Å²) < 4.78 is 0.998. The topological polar surface area (TPSA) is 50.2 Å². The number of carboxylic acids is 1. The second kappa shape index (κ2) is 5.51.